The van der Waals surface area contributed by atoms with Crippen LogP contribution in [0.3, 0.4) is 0 Å². The molecule has 0 fully saturated rings. The van der Waals surface area contributed by atoms with Crippen LogP contribution in [-0.4, -0.2) is 28.3 Å². The smallest absolute Gasteiger partial charge is 0.481 e. The van der Waals surface area contributed by atoms with Crippen LogP contribution in [-0.2, 0) is 9.59 Å². The molecule has 0 aromatic heterocycles. The number of carbonyl (C=O) groups is 2. The average Bonchev–Trinajstić information content (AvgIpc) is 2.37. The van der Waals surface area contributed by atoms with Crippen LogP contribution >= 0.6 is 0 Å². The summed E-state index contributed by atoms with van der Waals surface area (Å²) in [5, 5.41) is 15.9. The van der Waals surface area contributed by atoms with Gasteiger partial charge in [-0.05, 0) is 5.56 Å². The summed E-state index contributed by atoms with van der Waals surface area (Å²) in [5.74, 6) is -4.17. The van der Waals surface area contributed by atoms with Crippen molar-refractivity contribution in [1.82, 2.24) is 0 Å². The van der Waals surface area contributed by atoms with Crippen molar-refractivity contribution in [1.29, 1.82) is 0 Å². The highest BCUT2D eigenvalue weighted by molar-refractivity contribution is 5.73. The summed E-state index contributed by atoms with van der Waals surface area (Å²) < 4.78 is 31.7. The Hall–Kier alpha value is -2.09. The van der Waals surface area contributed by atoms with E-state index >= 15 is 0 Å². The van der Waals surface area contributed by atoms with Gasteiger partial charge in [0, 0.05) is 6.04 Å². The van der Waals surface area contributed by atoms with Crippen LogP contribution in [0.2, 0.25) is 0 Å². The highest BCUT2D eigenvalue weighted by Crippen LogP contribution is 2.18. The summed E-state index contributed by atoms with van der Waals surface area (Å²) in [5.41, 5.74) is 6.62. The van der Waals surface area contributed by atoms with Crippen molar-refractivity contribution >= 4 is 11.9 Å². The van der Waals surface area contributed by atoms with E-state index in [9.17, 15) is 18.0 Å². The predicted molar refractivity (Wildman–Crippen MR) is 63.9 cm³/mol. The van der Waals surface area contributed by atoms with Gasteiger partial charge in [-0.1, -0.05) is 37.3 Å². The van der Waals surface area contributed by atoms with Gasteiger partial charge in [-0.15, -0.1) is 0 Å². The van der Waals surface area contributed by atoms with E-state index < -0.39 is 30.1 Å². The lowest BCUT2D eigenvalue weighted by Gasteiger charge is -2.15. The Labute approximate surface area is 112 Å². The summed E-state index contributed by atoms with van der Waals surface area (Å²) >= 11 is 0. The monoisotopic (exact) mass is 293 g/mol. The Kier molecular flexibility index (Phi) is 6.70. The maximum atomic E-state index is 10.6. The molecule has 0 amide bonds. The Morgan fingerprint density at radius 2 is 1.55 bits per heavy atom. The second-order valence-corrected chi connectivity index (χ2v) is 3.87. The molecule has 0 aliphatic heterocycles. The molecule has 0 saturated carbocycles. The zero-order valence-corrected chi connectivity index (χ0v) is 10.5. The van der Waals surface area contributed by atoms with Gasteiger partial charge in [-0.25, -0.2) is 4.79 Å². The van der Waals surface area contributed by atoms with Gasteiger partial charge >= 0.3 is 18.1 Å². The lowest BCUT2D eigenvalue weighted by Crippen LogP contribution is -2.25. The number of carboxylic acid groups (broad SMARTS) is 2. The van der Waals surface area contributed by atoms with Gasteiger partial charge in [0.15, 0.2) is 0 Å². The average molecular weight is 293 g/mol. The van der Waals surface area contributed by atoms with Crippen LogP contribution in [0.25, 0.3) is 0 Å². The van der Waals surface area contributed by atoms with Crippen LogP contribution in [0.1, 0.15) is 18.5 Å². The normalized spacial score (nSPS) is 13.7. The predicted octanol–water partition coefficient (Wildman–Crippen LogP) is 2.04. The van der Waals surface area contributed by atoms with Crippen molar-refractivity contribution in [2.75, 3.05) is 0 Å². The first-order valence-electron chi connectivity index (χ1n) is 5.40. The summed E-state index contributed by atoms with van der Waals surface area (Å²) in [7, 11) is 0. The minimum absolute atomic E-state index is 0.432. The third-order valence-corrected chi connectivity index (χ3v) is 2.36. The summed E-state index contributed by atoms with van der Waals surface area (Å²) in [6, 6.07) is 8.82. The zero-order valence-electron chi connectivity index (χ0n) is 10.5. The SMILES string of the molecule is C[C@H](C(=O)O)[C@H](N)c1ccccc1.O=C(O)C(F)(F)F. The fourth-order valence-electron chi connectivity index (χ4n) is 1.12. The van der Waals surface area contributed by atoms with Crippen LogP contribution in [0.5, 0.6) is 0 Å². The highest BCUT2D eigenvalue weighted by atomic mass is 19.4. The molecule has 1 aromatic rings. The lowest BCUT2D eigenvalue weighted by atomic mass is 9.96. The van der Waals surface area contributed by atoms with Gasteiger partial charge in [0.05, 0.1) is 5.92 Å². The van der Waals surface area contributed by atoms with Crippen molar-refractivity contribution in [2.24, 2.45) is 11.7 Å². The molecule has 0 aliphatic rings. The molecule has 1 rings (SSSR count). The standard InChI is InChI=1S/C10H13NO2.C2HF3O2/c1-7(10(12)13)9(11)8-5-3-2-4-6-8;3-2(4,5)1(6)7/h2-7,9H,11H2,1H3,(H,12,13);(H,6,7)/t7-,9-;/m0./s1. The maximum absolute atomic E-state index is 10.6. The number of alkyl halides is 3. The van der Waals surface area contributed by atoms with Crippen LogP contribution in [0.4, 0.5) is 13.2 Å². The maximum Gasteiger partial charge on any atom is 0.490 e. The first kappa shape index (κ1) is 17.9. The molecule has 1 aromatic carbocycles. The van der Waals surface area contributed by atoms with Crippen LogP contribution < -0.4 is 5.73 Å². The molecule has 0 saturated heterocycles. The fourth-order valence-corrected chi connectivity index (χ4v) is 1.12. The molecular formula is C12H14F3NO4. The molecule has 0 spiro atoms. The number of carboxylic acids is 2. The molecule has 2 atom stereocenters. The quantitative estimate of drug-likeness (QED) is 0.791. The minimum Gasteiger partial charge on any atom is -0.481 e. The molecule has 5 nitrogen and oxygen atoms in total. The van der Waals surface area contributed by atoms with E-state index in [-0.39, 0.29) is 0 Å². The second-order valence-electron chi connectivity index (χ2n) is 3.87. The van der Waals surface area contributed by atoms with Crippen LogP contribution in [0.15, 0.2) is 30.3 Å². The Bertz CT molecular complexity index is 448. The van der Waals surface area contributed by atoms with Gasteiger partial charge in [0.1, 0.15) is 0 Å². The molecule has 0 bridgehead atoms. The van der Waals surface area contributed by atoms with Gasteiger partial charge < -0.3 is 15.9 Å². The minimum atomic E-state index is -5.08. The number of hydrogen-bond donors (Lipinski definition) is 3. The number of halogens is 3. The third-order valence-electron chi connectivity index (χ3n) is 2.36. The van der Waals surface area contributed by atoms with E-state index in [0.717, 1.165) is 5.56 Å². The van der Waals surface area contributed by atoms with Crippen molar-refractivity contribution in [2.45, 2.75) is 19.1 Å². The number of benzene rings is 1. The van der Waals surface area contributed by atoms with Gasteiger partial charge in [0.2, 0.25) is 0 Å². The summed E-state index contributed by atoms with van der Waals surface area (Å²) in [4.78, 5) is 19.5. The molecule has 112 valence electrons. The summed E-state index contributed by atoms with van der Waals surface area (Å²) in [6.07, 6.45) is -5.08. The molecule has 20 heavy (non-hydrogen) atoms. The molecule has 0 heterocycles. The molecule has 8 heteroatoms. The van der Waals surface area contributed by atoms with E-state index in [0.29, 0.717) is 0 Å². The van der Waals surface area contributed by atoms with Crippen molar-refractivity contribution in [3.63, 3.8) is 0 Å². The van der Waals surface area contributed by atoms with Gasteiger partial charge in [0.25, 0.3) is 0 Å². The molecule has 4 N–H and O–H groups in total. The van der Waals surface area contributed by atoms with Crippen molar-refractivity contribution in [3.05, 3.63) is 35.9 Å². The highest BCUT2D eigenvalue weighted by Gasteiger charge is 2.38. The van der Waals surface area contributed by atoms with Crippen molar-refractivity contribution < 1.29 is 33.0 Å². The first-order valence-corrected chi connectivity index (χ1v) is 5.40. The molecule has 0 aliphatic carbocycles. The number of aliphatic carboxylic acids is 2. The van der Waals surface area contributed by atoms with Crippen molar-refractivity contribution in [3.8, 4) is 0 Å². The Morgan fingerprint density at radius 1 is 1.15 bits per heavy atom. The Balaban J connectivity index is 0.000000441. The van der Waals surface area contributed by atoms with Gasteiger partial charge in [-0.2, -0.15) is 13.2 Å². The second kappa shape index (κ2) is 7.49. The molecular weight excluding hydrogens is 279 g/mol. The van der Waals surface area contributed by atoms with Gasteiger partial charge in [-0.3, -0.25) is 4.79 Å². The third kappa shape index (κ3) is 6.19. The van der Waals surface area contributed by atoms with E-state index in [1.54, 1.807) is 6.92 Å². The summed E-state index contributed by atoms with van der Waals surface area (Å²) in [6.45, 7) is 1.61. The molecule has 0 unspecified atom stereocenters. The molecule has 0 radical (unpaired) electrons. The Morgan fingerprint density at radius 3 is 1.85 bits per heavy atom. The van der Waals surface area contributed by atoms with E-state index in [4.69, 9.17) is 20.7 Å². The van der Waals surface area contributed by atoms with E-state index in [1.807, 2.05) is 30.3 Å². The first-order chi connectivity index (χ1) is 9.07. The largest absolute Gasteiger partial charge is 0.490 e. The zero-order chi connectivity index (χ0) is 15.9. The number of hydrogen-bond acceptors (Lipinski definition) is 3. The van der Waals surface area contributed by atoms with Crippen LogP contribution in [0, 0.1) is 5.92 Å². The number of nitrogens with two attached hydrogens (primary N) is 1. The topological polar surface area (TPSA) is 101 Å². The fraction of sp³-hybridized carbons (Fsp3) is 0.333. The van der Waals surface area contributed by atoms with E-state index in [1.165, 1.54) is 0 Å². The number of rotatable bonds is 3. The van der Waals surface area contributed by atoms with E-state index in [2.05, 4.69) is 0 Å². The lowest BCUT2D eigenvalue weighted by molar-refractivity contribution is -0.192.